The summed E-state index contributed by atoms with van der Waals surface area (Å²) in [5.41, 5.74) is 5.25. The third-order valence-electron chi connectivity index (χ3n) is 8.98. The zero-order chi connectivity index (χ0) is 29.9. The molecule has 232 valence electrons. The molecule has 5 heteroatoms. The lowest BCUT2D eigenvalue weighted by atomic mass is 9.91. The quantitative estimate of drug-likeness (QED) is 0.157. The zero-order valence-electron chi connectivity index (χ0n) is 26.7. The lowest BCUT2D eigenvalue weighted by molar-refractivity contribution is 0.205. The lowest BCUT2D eigenvalue weighted by Gasteiger charge is -2.30. The van der Waals surface area contributed by atoms with E-state index in [1.54, 1.807) is 0 Å². The van der Waals surface area contributed by atoms with E-state index in [0.29, 0.717) is 5.92 Å². The van der Waals surface area contributed by atoms with E-state index in [2.05, 4.69) is 97.3 Å². The number of ether oxygens (including phenoxy) is 3. The Bertz CT molecular complexity index is 1240. The van der Waals surface area contributed by atoms with Gasteiger partial charge in [-0.25, -0.2) is 0 Å². The highest BCUT2D eigenvalue weighted by Crippen LogP contribution is 2.50. The molecule has 5 nitrogen and oxygen atoms in total. The molecule has 0 aromatic heterocycles. The number of anilines is 1. The van der Waals surface area contributed by atoms with Crippen molar-refractivity contribution in [2.45, 2.75) is 90.6 Å². The maximum atomic E-state index is 6.12. The average Bonchev–Trinajstić information content (AvgIpc) is 3.31. The average molecular weight is 585 g/mol. The summed E-state index contributed by atoms with van der Waals surface area (Å²) in [6, 6.07) is 24.4. The normalized spacial score (nSPS) is 18.4. The van der Waals surface area contributed by atoms with Crippen LogP contribution in [0.15, 0.2) is 66.7 Å². The Labute approximate surface area is 260 Å². The summed E-state index contributed by atoms with van der Waals surface area (Å²) in [6.07, 6.45) is 9.59. The van der Waals surface area contributed by atoms with Gasteiger partial charge in [0.15, 0.2) is 0 Å². The van der Waals surface area contributed by atoms with Crippen LogP contribution in [0.25, 0.3) is 0 Å². The molecule has 0 aliphatic carbocycles. The van der Waals surface area contributed by atoms with Crippen LogP contribution in [-0.2, 0) is 6.54 Å². The lowest BCUT2D eigenvalue weighted by Crippen LogP contribution is -2.31. The molecular formula is C38H52N2O3. The minimum Gasteiger partial charge on any atom is -0.494 e. The van der Waals surface area contributed by atoms with Crippen molar-refractivity contribution in [2.75, 3.05) is 44.4 Å². The van der Waals surface area contributed by atoms with E-state index >= 15 is 0 Å². The first kappa shape index (κ1) is 31.3. The number of fused-ring (bicyclic) bond motifs is 1. The van der Waals surface area contributed by atoms with Gasteiger partial charge in [0.2, 0.25) is 0 Å². The Morgan fingerprint density at radius 2 is 1.26 bits per heavy atom. The van der Waals surface area contributed by atoms with Gasteiger partial charge in [0.1, 0.15) is 17.2 Å². The molecule has 0 amide bonds. The number of unbranched alkanes of at least 4 members (excludes halogenated alkanes) is 2. The second kappa shape index (κ2) is 16.0. The Kier molecular flexibility index (Phi) is 11.7. The topological polar surface area (TPSA) is 34.2 Å². The Morgan fingerprint density at radius 3 is 1.91 bits per heavy atom. The van der Waals surface area contributed by atoms with Crippen molar-refractivity contribution in [3.8, 4) is 17.2 Å². The van der Waals surface area contributed by atoms with Gasteiger partial charge in [-0.1, -0.05) is 64.3 Å². The molecule has 43 heavy (non-hydrogen) atoms. The van der Waals surface area contributed by atoms with E-state index in [1.165, 1.54) is 54.7 Å². The molecule has 1 fully saturated rings. The number of hydrogen-bond donors (Lipinski definition) is 0. The van der Waals surface area contributed by atoms with Crippen molar-refractivity contribution in [2.24, 2.45) is 0 Å². The second-order valence-corrected chi connectivity index (χ2v) is 12.3. The van der Waals surface area contributed by atoms with Crippen LogP contribution < -0.4 is 19.1 Å². The molecule has 2 atom stereocenters. The summed E-state index contributed by atoms with van der Waals surface area (Å²) in [6.45, 7) is 13.5. The molecule has 1 saturated heterocycles. The van der Waals surface area contributed by atoms with Gasteiger partial charge in [-0.15, -0.1) is 0 Å². The van der Waals surface area contributed by atoms with Gasteiger partial charge in [0.05, 0.1) is 25.9 Å². The molecule has 0 spiro atoms. The van der Waals surface area contributed by atoms with E-state index in [0.717, 1.165) is 82.3 Å². The summed E-state index contributed by atoms with van der Waals surface area (Å²) in [5, 5.41) is 0. The van der Waals surface area contributed by atoms with E-state index in [1.807, 2.05) is 0 Å². The van der Waals surface area contributed by atoms with Crippen LogP contribution >= 0.6 is 0 Å². The van der Waals surface area contributed by atoms with Gasteiger partial charge in [0.25, 0.3) is 0 Å². The van der Waals surface area contributed by atoms with Crippen LogP contribution in [-0.4, -0.2) is 44.4 Å². The molecule has 5 rings (SSSR count). The molecule has 2 unspecified atom stereocenters. The van der Waals surface area contributed by atoms with E-state index in [4.69, 9.17) is 14.2 Å². The van der Waals surface area contributed by atoms with Crippen molar-refractivity contribution >= 4 is 5.69 Å². The van der Waals surface area contributed by atoms with Crippen LogP contribution in [0.2, 0.25) is 0 Å². The molecule has 2 heterocycles. The first-order valence-corrected chi connectivity index (χ1v) is 16.9. The fourth-order valence-corrected chi connectivity index (χ4v) is 6.47. The fraction of sp³-hybridized carbons (Fsp3) is 0.526. The van der Waals surface area contributed by atoms with E-state index < -0.39 is 0 Å². The minimum absolute atomic E-state index is 0.233. The van der Waals surface area contributed by atoms with E-state index in [9.17, 15) is 0 Å². The van der Waals surface area contributed by atoms with Gasteiger partial charge in [-0.3, -0.25) is 0 Å². The highest BCUT2D eigenvalue weighted by Gasteiger charge is 2.37. The molecule has 0 bridgehead atoms. The monoisotopic (exact) mass is 584 g/mol. The van der Waals surface area contributed by atoms with Gasteiger partial charge in [-0.05, 0) is 104 Å². The fourth-order valence-electron chi connectivity index (χ4n) is 6.47. The number of nitrogens with zero attached hydrogens (tertiary/aromatic N) is 2. The molecule has 2 aliphatic heterocycles. The van der Waals surface area contributed by atoms with Gasteiger partial charge < -0.3 is 24.0 Å². The predicted octanol–water partition coefficient (Wildman–Crippen LogP) is 9.16. The Hall–Kier alpha value is -3.18. The Balaban J connectivity index is 1.28. The van der Waals surface area contributed by atoms with Gasteiger partial charge >= 0.3 is 0 Å². The number of hydrogen-bond acceptors (Lipinski definition) is 5. The molecular weight excluding hydrogens is 532 g/mol. The second-order valence-electron chi connectivity index (χ2n) is 12.3. The summed E-state index contributed by atoms with van der Waals surface area (Å²) in [7, 11) is 0. The molecule has 0 saturated carbocycles. The highest BCUT2D eigenvalue weighted by atomic mass is 16.5. The standard InChI is InChI=1S/C38H52N2O3/c1-4-6-25-41-34-18-14-32(15-19-34)38-30(3)36-28-35(43-26-7-5-2)20-21-37(36)40(38)29-31-12-16-33(17-13-31)42-27-11-24-39-22-9-8-10-23-39/h12-21,28,30,38H,4-11,22-27,29H2,1-3H3. The third-order valence-corrected chi connectivity index (χ3v) is 8.98. The maximum Gasteiger partial charge on any atom is 0.119 e. The summed E-state index contributed by atoms with van der Waals surface area (Å²) in [4.78, 5) is 5.14. The molecule has 2 aliphatic rings. The number of benzene rings is 3. The summed E-state index contributed by atoms with van der Waals surface area (Å²) < 4.78 is 18.2. The first-order valence-electron chi connectivity index (χ1n) is 16.9. The van der Waals surface area contributed by atoms with Crippen molar-refractivity contribution in [3.63, 3.8) is 0 Å². The van der Waals surface area contributed by atoms with Crippen molar-refractivity contribution < 1.29 is 14.2 Å². The third kappa shape index (κ3) is 8.47. The zero-order valence-corrected chi connectivity index (χ0v) is 26.7. The molecule has 0 radical (unpaired) electrons. The van der Waals surface area contributed by atoms with Crippen LogP contribution in [0, 0.1) is 0 Å². The summed E-state index contributed by atoms with van der Waals surface area (Å²) in [5.74, 6) is 3.21. The number of rotatable bonds is 16. The van der Waals surface area contributed by atoms with Crippen LogP contribution in [0.1, 0.15) is 101 Å². The first-order chi connectivity index (χ1) is 21.2. The predicted molar refractivity (Wildman–Crippen MR) is 178 cm³/mol. The molecule has 0 N–H and O–H groups in total. The largest absolute Gasteiger partial charge is 0.494 e. The summed E-state index contributed by atoms with van der Waals surface area (Å²) >= 11 is 0. The highest BCUT2D eigenvalue weighted by molar-refractivity contribution is 5.65. The van der Waals surface area contributed by atoms with Crippen molar-refractivity contribution in [1.29, 1.82) is 0 Å². The van der Waals surface area contributed by atoms with Crippen LogP contribution in [0.3, 0.4) is 0 Å². The smallest absolute Gasteiger partial charge is 0.119 e. The minimum atomic E-state index is 0.233. The van der Waals surface area contributed by atoms with Crippen LogP contribution in [0.4, 0.5) is 5.69 Å². The Morgan fingerprint density at radius 1 is 0.674 bits per heavy atom. The maximum absolute atomic E-state index is 6.12. The van der Waals surface area contributed by atoms with Crippen LogP contribution in [0.5, 0.6) is 17.2 Å². The van der Waals surface area contributed by atoms with Crippen molar-refractivity contribution in [3.05, 3.63) is 83.4 Å². The van der Waals surface area contributed by atoms with Gasteiger partial charge in [-0.2, -0.15) is 0 Å². The molecule has 3 aromatic carbocycles. The molecule has 3 aromatic rings. The SMILES string of the molecule is CCCCOc1ccc(C2C(C)c3cc(OCCCC)ccc3N2Cc2ccc(OCCCN3CCCCC3)cc2)cc1. The van der Waals surface area contributed by atoms with Gasteiger partial charge in [0, 0.05) is 24.7 Å². The number of piperidine rings is 1. The number of likely N-dealkylation sites (tertiary alicyclic amines) is 1. The van der Waals surface area contributed by atoms with E-state index in [-0.39, 0.29) is 6.04 Å². The van der Waals surface area contributed by atoms with Crippen molar-refractivity contribution in [1.82, 2.24) is 4.90 Å².